The van der Waals surface area contributed by atoms with E-state index in [-0.39, 0.29) is 5.78 Å². The zero-order valence-electron chi connectivity index (χ0n) is 11.2. The lowest BCUT2D eigenvalue weighted by Gasteiger charge is -1.96. The number of carbonyl (C=O) groups excluding carboxylic acids is 1. The first kappa shape index (κ1) is 12.9. The van der Waals surface area contributed by atoms with Crippen LogP contribution in [0.1, 0.15) is 58.8 Å². The maximum absolute atomic E-state index is 12.2. The van der Waals surface area contributed by atoms with Crippen molar-refractivity contribution in [1.82, 2.24) is 9.97 Å². The second kappa shape index (κ2) is 5.13. The molecule has 0 spiro atoms. The van der Waals surface area contributed by atoms with Crippen molar-refractivity contribution in [2.75, 3.05) is 0 Å². The van der Waals surface area contributed by atoms with Crippen LogP contribution in [0.4, 0.5) is 0 Å². The van der Waals surface area contributed by atoms with E-state index in [0.717, 1.165) is 26.2 Å². The Morgan fingerprint density at radius 2 is 1.74 bits per heavy atom. The highest BCUT2D eigenvalue weighted by Crippen LogP contribution is 2.43. The summed E-state index contributed by atoms with van der Waals surface area (Å²) in [6, 6.07) is 0. The Labute approximate surface area is 120 Å². The van der Waals surface area contributed by atoms with Gasteiger partial charge in [0.2, 0.25) is 5.78 Å². The molecule has 5 heteroatoms. The highest BCUT2D eigenvalue weighted by atomic mass is 32.1. The smallest absolute Gasteiger partial charge is 0.232 e. The summed E-state index contributed by atoms with van der Waals surface area (Å²) < 4.78 is 0. The van der Waals surface area contributed by atoms with Crippen LogP contribution < -0.4 is 0 Å². The number of unbranched alkanes of at least 4 members (excludes halogenated alkanes) is 3. The summed E-state index contributed by atoms with van der Waals surface area (Å²) in [6.45, 7) is 4.16. The Balaban J connectivity index is 1.80. The first-order chi connectivity index (χ1) is 9.20. The van der Waals surface area contributed by atoms with Crippen LogP contribution in [0, 0.1) is 6.92 Å². The molecule has 2 aromatic rings. The van der Waals surface area contributed by atoms with E-state index < -0.39 is 0 Å². The molecule has 0 saturated carbocycles. The molecule has 0 aliphatic heterocycles. The molecule has 0 bridgehead atoms. The van der Waals surface area contributed by atoms with E-state index in [1.54, 1.807) is 22.7 Å². The van der Waals surface area contributed by atoms with Crippen LogP contribution in [-0.4, -0.2) is 15.8 Å². The third-order valence-electron chi connectivity index (χ3n) is 3.29. The summed E-state index contributed by atoms with van der Waals surface area (Å²) in [6.07, 6.45) is 5.94. The number of fused-ring (bicyclic) bond motifs is 3. The van der Waals surface area contributed by atoms with Crippen LogP contribution in [0.2, 0.25) is 0 Å². The number of rotatable bonds is 5. The van der Waals surface area contributed by atoms with Gasteiger partial charge in [-0.2, -0.15) is 0 Å². The minimum atomic E-state index is 0.0189. The largest absolute Gasteiger partial charge is 0.285 e. The molecule has 2 heterocycles. The molecule has 19 heavy (non-hydrogen) atoms. The average molecular weight is 292 g/mol. The number of hydrogen-bond acceptors (Lipinski definition) is 5. The highest BCUT2D eigenvalue weighted by Gasteiger charge is 2.34. The third kappa shape index (κ3) is 2.25. The third-order valence-corrected chi connectivity index (χ3v) is 5.54. The van der Waals surface area contributed by atoms with E-state index in [2.05, 4.69) is 16.9 Å². The molecule has 3 nitrogen and oxygen atoms in total. The van der Waals surface area contributed by atoms with Crippen molar-refractivity contribution in [1.29, 1.82) is 0 Å². The van der Waals surface area contributed by atoms with Gasteiger partial charge in [0.1, 0.15) is 11.4 Å². The fourth-order valence-corrected chi connectivity index (χ4v) is 4.48. The molecule has 3 rings (SSSR count). The van der Waals surface area contributed by atoms with Crippen LogP contribution in [0.5, 0.6) is 0 Å². The van der Waals surface area contributed by atoms with Crippen LogP contribution in [0.3, 0.4) is 0 Å². The second-order valence-corrected chi connectivity index (χ2v) is 7.12. The summed E-state index contributed by atoms with van der Waals surface area (Å²) in [4.78, 5) is 23.1. The lowest BCUT2D eigenvalue weighted by Crippen LogP contribution is -1.99. The second-order valence-electron chi connectivity index (χ2n) is 4.84. The Morgan fingerprint density at radius 3 is 2.53 bits per heavy atom. The van der Waals surface area contributed by atoms with Crippen molar-refractivity contribution in [3.8, 4) is 9.75 Å². The fraction of sp³-hybridized carbons (Fsp3) is 0.500. The predicted octanol–water partition coefficient (Wildman–Crippen LogP) is 4.24. The van der Waals surface area contributed by atoms with Gasteiger partial charge in [-0.3, -0.25) is 4.79 Å². The standard InChI is InChI=1S/C14H16N2OS2/c1-3-4-5-6-7-9-16-11-12(17)10-13(14(11)19-9)18-8(2)15-10/h3-7H2,1-2H3. The number of carbonyl (C=O) groups is 1. The summed E-state index contributed by atoms with van der Waals surface area (Å²) in [5.74, 6) is 0.0189. The minimum Gasteiger partial charge on any atom is -0.285 e. The molecule has 100 valence electrons. The van der Waals surface area contributed by atoms with Crippen molar-refractivity contribution >= 4 is 28.5 Å². The number of hydrogen-bond donors (Lipinski definition) is 0. The van der Waals surface area contributed by atoms with E-state index in [9.17, 15) is 4.79 Å². The quantitative estimate of drug-likeness (QED) is 0.660. The summed E-state index contributed by atoms with van der Waals surface area (Å²) in [5.41, 5.74) is 1.26. The molecular weight excluding hydrogens is 276 g/mol. The van der Waals surface area contributed by atoms with E-state index in [0.29, 0.717) is 11.4 Å². The van der Waals surface area contributed by atoms with Gasteiger partial charge in [0, 0.05) is 0 Å². The summed E-state index contributed by atoms with van der Waals surface area (Å²) >= 11 is 3.29. The maximum atomic E-state index is 12.2. The molecule has 0 aromatic carbocycles. The monoisotopic (exact) mass is 292 g/mol. The van der Waals surface area contributed by atoms with Crippen molar-refractivity contribution < 1.29 is 4.79 Å². The van der Waals surface area contributed by atoms with Gasteiger partial charge < -0.3 is 0 Å². The van der Waals surface area contributed by atoms with Crippen molar-refractivity contribution in [2.24, 2.45) is 0 Å². The molecule has 1 aliphatic rings. The summed E-state index contributed by atoms with van der Waals surface area (Å²) in [5, 5.41) is 2.06. The number of aryl methyl sites for hydroxylation is 2. The zero-order chi connectivity index (χ0) is 13.4. The minimum absolute atomic E-state index is 0.0189. The molecule has 0 atom stereocenters. The molecule has 0 unspecified atom stereocenters. The first-order valence-corrected chi connectivity index (χ1v) is 8.36. The molecule has 0 radical (unpaired) electrons. The van der Waals surface area contributed by atoms with Crippen molar-refractivity contribution in [3.05, 3.63) is 21.4 Å². The highest BCUT2D eigenvalue weighted by molar-refractivity contribution is 7.22. The number of aromatic nitrogens is 2. The van der Waals surface area contributed by atoms with E-state index in [4.69, 9.17) is 0 Å². The van der Waals surface area contributed by atoms with Gasteiger partial charge in [-0.05, 0) is 19.8 Å². The molecular formula is C14H16N2OS2. The Morgan fingerprint density at radius 1 is 1.00 bits per heavy atom. The predicted molar refractivity (Wildman–Crippen MR) is 79.2 cm³/mol. The Bertz CT molecular complexity index is 627. The first-order valence-electron chi connectivity index (χ1n) is 6.73. The number of ketones is 1. The van der Waals surface area contributed by atoms with E-state index in [1.807, 2.05) is 6.92 Å². The van der Waals surface area contributed by atoms with Crippen LogP contribution in [-0.2, 0) is 6.42 Å². The van der Waals surface area contributed by atoms with E-state index >= 15 is 0 Å². The van der Waals surface area contributed by atoms with Crippen molar-refractivity contribution in [3.63, 3.8) is 0 Å². The van der Waals surface area contributed by atoms with Gasteiger partial charge >= 0.3 is 0 Å². The van der Waals surface area contributed by atoms with Gasteiger partial charge in [-0.15, -0.1) is 22.7 Å². The topological polar surface area (TPSA) is 42.9 Å². The zero-order valence-corrected chi connectivity index (χ0v) is 12.8. The van der Waals surface area contributed by atoms with Gasteiger partial charge in [0.05, 0.1) is 19.8 Å². The molecule has 0 amide bonds. The normalized spacial score (nSPS) is 12.8. The van der Waals surface area contributed by atoms with Gasteiger partial charge in [0.25, 0.3) is 0 Å². The van der Waals surface area contributed by atoms with Gasteiger partial charge in [-0.1, -0.05) is 26.2 Å². The van der Waals surface area contributed by atoms with Crippen LogP contribution >= 0.6 is 22.7 Å². The molecule has 2 aromatic heterocycles. The van der Waals surface area contributed by atoms with Crippen LogP contribution in [0.25, 0.3) is 9.75 Å². The molecule has 0 saturated heterocycles. The average Bonchev–Trinajstić information content (AvgIpc) is 3.01. The van der Waals surface area contributed by atoms with Gasteiger partial charge in [-0.25, -0.2) is 9.97 Å². The molecule has 0 N–H and O–H groups in total. The summed E-state index contributed by atoms with van der Waals surface area (Å²) in [7, 11) is 0. The van der Waals surface area contributed by atoms with Gasteiger partial charge in [0.15, 0.2) is 0 Å². The Kier molecular flexibility index (Phi) is 3.50. The lowest BCUT2D eigenvalue weighted by atomic mass is 10.2. The molecule has 0 fully saturated rings. The fourth-order valence-electron chi connectivity index (χ4n) is 2.33. The molecule has 1 aliphatic carbocycles. The Hall–Kier alpha value is -1.07. The SMILES string of the molecule is CCCCCCc1nc2c(s1)-c1sc(C)nc1C2=O. The van der Waals surface area contributed by atoms with E-state index in [1.165, 1.54) is 25.7 Å². The number of nitrogens with zero attached hydrogens (tertiary/aromatic N) is 2. The van der Waals surface area contributed by atoms with Crippen LogP contribution in [0.15, 0.2) is 0 Å². The van der Waals surface area contributed by atoms with Crippen molar-refractivity contribution in [2.45, 2.75) is 46.0 Å². The number of thiazole rings is 2. The maximum Gasteiger partial charge on any atom is 0.232 e. The lowest BCUT2D eigenvalue weighted by molar-refractivity contribution is 0.103.